The number of rotatable bonds is 6. The molecule has 0 spiro atoms. The van der Waals surface area contributed by atoms with Crippen molar-refractivity contribution in [2.45, 2.75) is 0 Å². The van der Waals surface area contributed by atoms with Gasteiger partial charge in [0.2, 0.25) is 7.38 Å². The van der Waals surface area contributed by atoms with Gasteiger partial charge in [-0.2, -0.15) is 11.1 Å². The maximum Gasteiger partial charge on any atom is 0.222 e. The van der Waals surface area contributed by atoms with E-state index in [4.69, 9.17) is 11.1 Å². The first-order valence-electron chi connectivity index (χ1n) is 9.45. The average molecular weight is 417 g/mol. The third kappa shape index (κ3) is 4.13. The Labute approximate surface area is 174 Å². The average Bonchev–Trinajstić information content (AvgIpc) is 2.80. The van der Waals surface area contributed by atoms with Crippen molar-refractivity contribution < 1.29 is 0 Å². The number of benzene rings is 4. The van der Waals surface area contributed by atoms with Crippen LogP contribution < -0.4 is 21.0 Å². The monoisotopic (exact) mass is 416 g/mol. The van der Waals surface area contributed by atoms with Crippen molar-refractivity contribution in [3.63, 3.8) is 0 Å². The van der Waals surface area contributed by atoms with E-state index < -0.39 is 15.3 Å². The zero-order valence-corrected chi connectivity index (χ0v) is 18.2. The second-order valence-electron chi connectivity index (χ2n) is 6.79. The van der Waals surface area contributed by atoms with Gasteiger partial charge in [-0.3, -0.25) is 0 Å². The smallest absolute Gasteiger partial charge is 0.154 e. The largest absolute Gasteiger partial charge is 0.222 e. The maximum absolute atomic E-state index is 7.64. The van der Waals surface area contributed by atoms with Crippen LogP contribution in [0.4, 0.5) is 0 Å². The van der Waals surface area contributed by atoms with Crippen LogP contribution in [0.5, 0.6) is 0 Å². The summed E-state index contributed by atoms with van der Waals surface area (Å²) in [5.74, 6) is 0.978. The third-order valence-corrected chi connectivity index (χ3v) is 14.7. The van der Waals surface area contributed by atoms with Gasteiger partial charge in [-0.15, -0.1) is 0 Å². The standard InChI is InChI=1S/C25H22ClPSi/c26-28(24-17-9-3-10-18-24,25-19-11-4-12-20-25)21-27(22-13-5-1-6-14-22)23-15-7-2-8-16-23/h1-20H,21H2. The van der Waals surface area contributed by atoms with E-state index in [9.17, 15) is 0 Å². The van der Waals surface area contributed by atoms with Crippen LogP contribution in [0.3, 0.4) is 0 Å². The number of halogens is 1. The lowest BCUT2D eigenvalue weighted by molar-refractivity contribution is 1.69. The molecule has 0 N–H and O–H groups in total. The molecule has 28 heavy (non-hydrogen) atoms. The lowest BCUT2D eigenvalue weighted by Gasteiger charge is -2.31. The van der Waals surface area contributed by atoms with E-state index >= 15 is 0 Å². The predicted octanol–water partition coefficient (Wildman–Crippen LogP) is 4.66. The predicted molar refractivity (Wildman–Crippen MR) is 128 cm³/mol. The molecule has 4 rings (SSSR count). The molecule has 0 aliphatic rings. The SMILES string of the molecule is Cl[Si](CP(c1ccccc1)c1ccccc1)(c1ccccc1)c1ccccc1. The Bertz CT molecular complexity index is 913. The molecule has 0 aliphatic carbocycles. The molecule has 0 amide bonds. The molecule has 4 aromatic carbocycles. The van der Waals surface area contributed by atoms with Crippen LogP contribution >= 0.6 is 19.0 Å². The highest BCUT2D eigenvalue weighted by molar-refractivity contribution is 7.77. The van der Waals surface area contributed by atoms with Crippen LogP contribution in [0.2, 0.25) is 0 Å². The summed E-state index contributed by atoms with van der Waals surface area (Å²) >= 11 is 7.64. The molecule has 0 heterocycles. The van der Waals surface area contributed by atoms with E-state index in [2.05, 4.69) is 121 Å². The van der Waals surface area contributed by atoms with Gasteiger partial charge in [-0.25, -0.2) is 0 Å². The summed E-state index contributed by atoms with van der Waals surface area (Å²) in [7, 11) is -2.99. The lowest BCUT2D eigenvalue weighted by atomic mass is 10.4. The normalized spacial score (nSPS) is 11.5. The van der Waals surface area contributed by atoms with Crippen molar-refractivity contribution in [1.29, 1.82) is 0 Å². The van der Waals surface area contributed by atoms with Gasteiger partial charge in [0.05, 0.1) is 0 Å². The molecule has 0 radical (unpaired) electrons. The fraction of sp³-hybridized carbons (Fsp3) is 0.0400. The fourth-order valence-electron chi connectivity index (χ4n) is 3.52. The minimum atomic E-state index is -2.43. The Balaban J connectivity index is 1.84. The van der Waals surface area contributed by atoms with Gasteiger partial charge < -0.3 is 0 Å². The molecule has 0 nitrogen and oxygen atoms in total. The zero-order chi connectivity index (χ0) is 19.2. The van der Waals surface area contributed by atoms with E-state index in [1.165, 1.54) is 21.0 Å². The molecule has 0 bridgehead atoms. The summed E-state index contributed by atoms with van der Waals surface area (Å²) in [6.45, 7) is 0. The highest BCUT2D eigenvalue weighted by Crippen LogP contribution is 2.37. The molecule has 0 atom stereocenters. The van der Waals surface area contributed by atoms with E-state index in [1.54, 1.807) is 0 Å². The van der Waals surface area contributed by atoms with Crippen molar-refractivity contribution in [2.75, 3.05) is 5.79 Å². The first-order valence-corrected chi connectivity index (χ1v) is 14.2. The Morgan fingerprint density at radius 2 is 0.821 bits per heavy atom. The van der Waals surface area contributed by atoms with Crippen molar-refractivity contribution in [3.8, 4) is 0 Å². The molecular formula is C25H22ClPSi. The van der Waals surface area contributed by atoms with Crippen LogP contribution in [-0.2, 0) is 0 Å². The van der Waals surface area contributed by atoms with Crippen LogP contribution in [0.1, 0.15) is 0 Å². The molecule has 0 saturated carbocycles. The van der Waals surface area contributed by atoms with Gasteiger partial charge in [0.1, 0.15) is 0 Å². The Hall–Kier alpha value is -2.18. The van der Waals surface area contributed by atoms with Gasteiger partial charge in [0.25, 0.3) is 0 Å². The van der Waals surface area contributed by atoms with E-state index in [1.807, 2.05) is 0 Å². The van der Waals surface area contributed by atoms with E-state index in [-0.39, 0.29) is 0 Å². The molecule has 0 fully saturated rings. The summed E-state index contributed by atoms with van der Waals surface area (Å²) in [5, 5.41) is 5.32. The summed E-state index contributed by atoms with van der Waals surface area (Å²) in [6, 6.07) is 43.1. The molecule has 0 saturated heterocycles. The highest BCUT2D eigenvalue weighted by Gasteiger charge is 2.38. The Kier molecular flexibility index (Phi) is 6.07. The first-order chi connectivity index (χ1) is 13.8. The molecule has 4 aromatic rings. The van der Waals surface area contributed by atoms with Crippen molar-refractivity contribution in [2.24, 2.45) is 0 Å². The molecule has 138 valence electrons. The number of hydrogen-bond acceptors (Lipinski definition) is 0. The molecule has 0 aliphatic heterocycles. The quantitative estimate of drug-likeness (QED) is 0.244. The van der Waals surface area contributed by atoms with Crippen LogP contribution in [0.25, 0.3) is 0 Å². The summed E-state index contributed by atoms with van der Waals surface area (Å²) < 4.78 is 0. The second kappa shape index (κ2) is 8.88. The highest BCUT2D eigenvalue weighted by atomic mass is 35.6. The topological polar surface area (TPSA) is 0 Å². The minimum Gasteiger partial charge on any atom is -0.154 e. The number of hydrogen-bond donors (Lipinski definition) is 0. The Morgan fingerprint density at radius 1 is 0.500 bits per heavy atom. The Morgan fingerprint density at radius 3 is 1.18 bits per heavy atom. The summed E-state index contributed by atoms with van der Waals surface area (Å²) in [4.78, 5) is 0. The zero-order valence-electron chi connectivity index (χ0n) is 15.6. The van der Waals surface area contributed by atoms with Crippen molar-refractivity contribution >= 4 is 47.4 Å². The summed E-state index contributed by atoms with van der Waals surface area (Å²) in [6.07, 6.45) is 0. The third-order valence-electron chi connectivity index (χ3n) is 4.97. The molecule has 3 heteroatoms. The first kappa shape index (κ1) is 19.1. The van der Waals surface area contributed by atoms with Gasteiger partial charge in [-0.1, -0.05) is 121 Å². The van der Waals surface area contributed by atoms with E-state index in [0.29, 0.717) is 0 Å². The van der Waals surface area contributed by atoms with Crippen LogP contribution in [0.15, 0.2) is 121 Å². The lowest BCUT2D eigenvalue weighted by Crippen LogP contribution is -2.57. The molecule has 0 unspecified atom stereocenters. The van der Waals surface area contributed by atoms with Gasteiger partial charge >= 0.3 is 0 Å². The maximum atomic E-state index is 7.64. The molecular weight excluding hydrogens is 395 g/mol. The van der Waals surface area contributed by atoms with Crippen LogP contribution in [-0.4, -0.2) is 13.2 Å². The fourth-order valence-corrected chi connectivity index (χ4v) is 13.2. The van der Waals surface area contributed by atoms with Gasteiger partial charge in [0.15, 0.2) is 0 Å². The minimum absolute atomic E-state index is 0.556. The second-order valence-corrected chi connectivity index (χ2v) is 14.6. The van der Waals surface area contributed by atoms with E-state index in [0.717, 1.165) is 5.79 Å². The van der Waals surface area contributed by atoms with Gasteiger partial charge in [0, 0.05) is 0 Å². The van der Waals surface area contributed by atoms with Gasteiger partial charge in [-0.05, 0) is 34.7 Å². The van der Waals surface area contributed by atoms with Crippen LogP contribution in [0, 0.1) is 0 Å². The van der Waals surface area contributed by atoms with Crippen molar-refractivity contribution in [1.82, 2.24) is 0 Å². The summed E-state index contributed by atoms with van der Waals surface area (Å²) in [5.41, 5.74) is 0. The van der Waals surface area contributed by atoms with Crippen molar-refractivity contribution in [3.05, 3.63) is 121 Å². The molecule has 0 aromatic heterocycles.